The molecule has 1 unspecified atom stereocenters. The maximum Gasteiger partial charge on any atom is 0.142 e. The Morgan fingerprint density at radius 3 is 2.71 bits per heavy atom. The molecule has 0 saturated heterocycles. The molecule has 0 bridgehead atoms. The van der Waals surface area contributed by atoms with Crippen LogP contribution in [0.2, 0.25) is 0 Å². The first-order valence-corrected chi connectivity index (χ1v) is 4.95. The number of ether oxygens (including phenoxy) is 1. The van der Waals surface area contributed by atoms with Gasteiger partial charge in [-0.25, -0.2) is 0 Å². The van der Waals surface area contributed by atoms with Crippen LogP contribution < -0.4 is 10.5 Å². The summed E-state index contributed by atoms with van der Waals surface area (Å²) < 4.78 is 5.76. The van der Waals surface area contributed by atoms with Crippen molar-refractivity contribution in [2.24, 2.45) is 11.7 Å². The fraction of sp³-hybridized carbons (Fsp3) is 0.545. The molecule has 3 heteroatoms. The standard InChI is InChI=1S/C11H18N2O/c1-8(2)9(3)14-11-5-4-6-13-10(11)7-12/h4-6,8-9H,7,12H2,1-3H3. The van der Waals surface area contributed by atoms with Crippen molar-refractivity contribution in [1.29, 1.82) is 0 Å². The van der Waals surface area contributed by atoms with Gasteiger partial charge in [-0.3, -0.25) is 4.98 Å². The van der Waals surface area contributed by atoms with Crippen LogP contribution >= 0.6 is 0 Å². The van der Waals surface area contributed by atoms with Crippen LogP contribution in [0.5, 0.6) is 5.75 Å². The van der Waals surface area contributed by atoms with E-state index in [9.17, 15) is 0 Å². The van der Waals surface area contributed by atoms with E-state index in [1.54, 1.807) is 6.20 Å². The second kappa shape index (κ2) is 4.96. The Bertz CT molecular complexity index is 286. The Balaban J connectivity index is 2.75. The molecule has 0 fully saturated rings. The van der Waals surface area contributed by atoms with Crippen LogP contribution in [0.15, 0.2) is 18.3 Å². The van der Waals surface area contributed by atoms with Gasteiger partial charge in [0, 0.05) is 12.7 Å². The van der Waals surface area contributed by atoms with Crippen LogP contribution in [0.4, 0.5) is 0 Å². The van der Waals surface area contributed by atoms with Crippen molar-refractivity contribution in [3.05, 3.63) is 24.0 Å². The first-order valence-electron chi connectivity index (χ1n) is 4.95. The molecule has 0 saturated carbocycles. The van der Waals surface area contributed by atoms with Gasteiger partial charge in [0.25, 0.3) is 0 Å². The molecule has 14 heavy (non-hydrogen) atoms. The van der Waals surface area contributed by atoms with E-state index < -0.39 is 0 Å². The third kappa shape index (κ3) is 2.70. The van der Waals surface area contributed by atoms with E-state index in [2.05, 4.69) is 25.8 Å². The van der Waals surface area contributed by atoms with Gasteiger partial charge in [-0.15, -0.1) is 0 Å². The Kier molecular flexibility index (Phi) is 3.89. The molecule has 0 spiro atoms. The van der Waals surface area contributed by atoms with Gasteiger partial charge in [-0.05, 0) is 25.0 Å². The topological polar surface area (TPSA) is 48.1 Å². The molecule has 1 rings (SSSR count). The zero-order valence-electron chi connectivity index (χ0n) is 9.03. The summed E-state index contributed by atoms with van der Waals surface area (Å²) in [7, 11) is 0. The van der Waals surface area contributed by atoms with E-state index in [0.29, 0.717) is 12.5 Å². The van der Waals surface area contributed by atoms with Gasteiger partial charge in [-0.2, -0.15) is 0 Å². The molecular weight excluding hydrogens is 176 g/mol. The van der Waals surface area contributed by atoms with Crippen molar-refractivity contribution in [2.45, 2.75) is 33.4 Å². The Hall–Kier alpha value is -1.09. The number of hydrogen-bond donors (Lipinski definition) is 1. The lowest BCUT2D eigenvalue weighted by Gasteiger charge is -2.19. The molecule has 78 valence electrons. The summed E-state index contributed by atoms with van der Waals surface area (Å²) >= 11 is 0. The first-order chi connectivity index (χ1) is 6.65. The van der Waals surface area contributed by atoms with Gasteiger partial charge in [0.2, 0.25) is 0 Å². The second-order valence-electron chi connectivity index (χ2n) is 3.72. The molecule has 1 heterocycles. The molecule has 1 aromatic rings. The summed E-state index contributed by atoms with van der Waals surface area (Å²) in [5, 5.41) is 0. The molecule has 0 radical (unpaired) electrons. The average Bonchev–Trinajstić information content (AvgIpc) is 2.18. The minimum Gasteiger partial charge on any atom is -0.488 e. The van der Waals surface area contributed by atoms with Crippen LogP contribution in [0, 0.1) is 5.92 Å². The summed E-state index contributed by atoms with van der Waals surface area (Å²) in [6.45, 7) is 6.73. The monoisotopic (exact) mass is 194 g/mol. The molecule has 0 aliphatic carbocycles. The quantitative estimate of drug-likeness (QED) is 0.797. The summed E-state index contributed by atoms with van der Waals surface area (Å²) in [6.07, 6.45) is 1.92. The highest BCUT2D eigenvalue weighted by molar-refractivity contribution is 5.26. The number of nitrogens with two attached hydrogens (primary N) is 1. The van der Waals surface area contributed by atoms with Crippen LogP contribution in [0.1, 0.15) is 26.5 Å². The van der Waals surface area contributed by atoms with Crippen molar-refractivity contribution in [1.82, 2.24) is 4.98 Å². The molecule has 1 aromatic heterocycles. The average molecular weight is 194 g/mol. The lowest BCUT2D eigenvalue weighted by atomic mass is 10.1. The van der Waals surface area contributed by atoms with Crippen molar-refractivity contribution < 1.29 is 4.74 Å². The number of hydrogen-bond acceptors (Lipinski definition) is 3. The third-order valence-electron chi connectivity index (χ3n) is 2.29. The van der Waals surface area contributed by atoms with Crippen molar-refractivity contribution in [3.63, 3.8) is 0 Å². The minimum atomic E-state index is 0.185. The smallest absolute Gasteiger partial charge is 0.142 e. The van der Waals surface area contributed by atoms with Crippen LogP contribution in [0.25, 0.3) is 0 Å². The molecule has 0 amide bonds. The van der Waals surface area contributed by atoms with Gasteiger partial charge >= 0.3 is 0 Å². The number of rotatable bonds is 4. The van der Waals surface area contributed by atoms with Gasteiger partial charge in [0.15, 0.2) is 0 Å². The predicted octanol–water partition coefficient (Wildman–Crippen LogP) is 1.96. The van der Waals surface area contributed by atoms with Crippen molar-refractivity contribution in [3.8, 4) is 5.75 Å². The van der Waals surface area contributed by atoms with Crippen molar-refractivity contribution in [2.75, 3.05) is 0 Å². The lowest BCUT2D eigenvalue weighted by Crippen LogP contribution is -2.20. The summed E-state index contributed by atoms with van der Waals surface area (Å²) in [5.41, 5.74) is 6.38. The highest BCUT2D eigenvalue weighted by atomic mass is 16.5. The Morgan fingerprint density at radius 2 is 2.14 bits per heavy atom. The molecule has 0 aliphatic heterocycles. The largest absolute Gasteiger partial charge is 0.488 e. The summed E-state index contributed by atoms with van der Waals surface area (Å²) in [6, 6.07) is 3.77. The van der Waals surface area contributed by atoms with E-state index in [4.69, 9.17) is 10.5 Å². The first kappa shape index (κ1) is 11.0. The molecule has 3 nitrogen and oxygen atoms in total. The van der Waals surface area contributed by atoms with Crippen LogP contribution in [-0.4, -0.2) is 11.1 Å². The normalized spacial score (nSPS) is 12.9. The number of pyridine rings is 1. The maximum atomic E-state index is 5.76. The van der Waals surface area contributed by atoms with E-state index in [-0.39, 0.29) is 6.10 Å². The number of aromatic nitrogens is 1. The van der Waals surface area contributed by atoms with Crippen LogP contribution in [-0.2, 0) is 6.54 Å². The maximum absolute atomic E-state index is 5.76. The van der Waals surface area contributed by atoms with Gasteiger partial charge in [0.05, 0.1) is 11.8 Å². The molecule has 0 aliphatic rings. The van der Waals surface area contributed by atoms with E-state index in [1.165, 1.54) is 0 Å². The highest BCUT2D eigenvalue weighted by Gasteiger charge is 2.11. The summed E-state index contributed by atoms with van der Waals surface area (Å²) in [5.74, 6) is 1.29. The molecular formula is C11H18N2O. The fourth-order valence-corrected chi connectivity index (χ4v) is 1.02. The zero-order chi connectivity index (χ0) is 10.6. The van der Waals surface area contributed by atoms with Crippen molar-refractivity contribution >= 4 is 0 Å². The van der Waals surface area contributed by atoms with E-state index >= 15 is 0 Å². The Labute approximate surface area is 85.3 Å². The van der Waals surface area contributed by atoms with Gasteiger partial charge in [-0.1, -0.05) is 13.8 Å². The number of nitrogens with zero attached hydrogens (tertiary/aromatic N) is 1. The predicted molar refractivity (Wildman–Crippen MR) is 57.1 cm³/mol. The molecule has 0 aromatic carbocycles. The minimum absolute atomic E-state index is 0.185. The van der Waals surface area contributed by atoms with Gasteiger partial charge < -0.3 is 10.5 Å². The van der Waals surface area contributed by atoms with Gasteiger partial charge in [0.1, 0.15) is 5.75 Å². The van der Waals surface area contributed by atoms with Crippen LogP contribution in [0.3, 0.4) is 0 Å². The molecule has 1 atom stereocenters. The lowest BCUT2D eigenvalue weighted by molar-refractivity contribution is 0.168. The SMILES string of the molecule is CC(C)C(C)Oc1cccnc1CN. The zero-order valence-corrected chi connectivity index (χ0v) is 9.03. The second-order valence-corrected chi connectivity index (χ2v) is 3.72. The van der Waals surface area contributed by atoms with E-state index in [1.807, 2.05) is 12.1 Å². The van der Waals surface area contributed by atoms with E-state index in [0.717, 1.165) is 11.4 Å². The highest BCUT2D eigenvalue weighted by Crippen LogP contribution is 2.18. The summed E-state index contributed by atoms with van der Waals surface area (Å²) in [4.78, 5) is 4.16. The third-order valence-corrected chi connectivity index (χ3v) is 2.29. The fourth-order valence-electron chi connectivity index (χ4n) is 1.02. The Morgan fingerprint density at radius 1 is 1.43 bits per heavy atom. The molecule has 2 N–H and O–H groups in total.